The number of halogens is 3. The van der Waals surface area contributed by atoms with E-state index in [1.54, 1.807) is 17.4 Å². The van der Waals surface area contributed by atoms with Crippen molar-refractivity contribution in [2.75, 3.05) is 31.1 Å². The summed E-state index contributed by atoms with van der Waals surface area (Å²) >= 11 is 0. The highest BCUT2D eigenvalue weighted by atomic mass is 19.4. The maximum Gasteiger partial charge on any atom is 0.417 e. The third-order valence-electron chi connectivity index (χ3n) is 4.54. The Morgan fingerprint density at radius 2 is 1.96 bits per heavy atom. The molecular formula is C17H20F3N5O. The van der Waals surface area contributed by atoms with Crippen LogP contribution in [0, 0.1) is 0 Å². The highest BCUT2D eigenvalue weighted by molar-refractivity contribution is 5.77. The minimum absolute atomic E-state index is 0.0274. The van der Waals surface area contributed by atoms with Crippen LogP contribution in [0.25, 0.3) is 0 Å². The number of pyridine rings is 1. The molecule has 0 saturated carbocycles. The molecule has 3 rings (SSSR count). The molecule has 0 spiro atoms. The summed E-state index contributed by atoms with van der Waals surface area (Å²) in [5.41, 5.74) is -0.761. The zero-order valence-electron chi connectivity index (χ0n) is 14.4. The number of alkyl halides is 3. The van der Waals surface area contributed by atoms with Gasteiger partial charge in [-0.25, -0.2) is 9.97 Å². The fourth-order valence-corrected chi connectivity index (χ4v) is 2.94. The van der Waals surface area contributed by atoms with Gasteiger partial charge in [0.2, 0.25) is 5.91 Å². The average Bonchev–Trinajstić information content (AvgIpc) is 3.16. The van der Waals surface area contributed by atoms with Crippen LogP contribution in [0.4, 0.5) is 19.0 Å². The molecule has 3 heterocycles. The first kappa shape index (κ1) is 18.2. The van der Waals surface area contributed by atoms with Crippen molar-refractivity contribution in [1.82, 2.24) is 19.4 Å². The van der Waals surface area contributed by atoms with E-state index in [-0.39, 0.29) is 11.9 Å². The molecule has 1 saturated heterocycles. The molecule has 0 N–H and O–H groups in total. The molecule has 26 heavy (non-hydrogen) atoms. The number of amides is 1. The van der Waals surface area contributed by atoms with Gasteiger partial charge in [-0.15, -0.1) is 0 Å². The number of nitrogens with zero attached hydrogens (tertiary/aromatic N) is 5. The second-order valence-electron chi connectivity index (χ2n) is 6.33. The van der Waals surface area contributed by atoms with Crippen LogP contribution in [0.5, 0.6) is 0 Å². The number of rotatable bonds is 4. The van der Waals surface area contributed by atoms with E-state index in [1.165, 1.54) is 6.07 Å². The molecule has 1 aliphatic heterocycles. The van der Waals surface area contributed by atoms with E-state index >= 15 is 0 Å². The molecule has 1 fully saturated rings. The summed E-state index contributed by atoms with van der Waals surface area (Å²) in [5, 5.41) is 0. The molecule has 6 nitrogen and oxygen atoms in total. The molecule has 9 heteroatoms. The summed E-state index contributed by atoms with van der Waals surface area (Å²) in [6, 6.07) is 2.44. The summed E-state index contributed by atoms with van der Waals surface area (Å²) in [6.45, 7) is 4.10. The minimum Gasteiger partial charge on any atom is -0.353 e. The van der Waals surface area contributed by atoms with Gasteiger partial charge in [-0.05, 0) is 19.1 Å². The van der Waals surface area contributed by atoms with Crippen molar-refractivity contribution in [3.05, 3.63) is 42.6 Å². The van der Waals surface area contributed by atoms with Gasteiger partial charge in [0.1, 0.15) is 5.82 Å². The average molecular weight is 367 g/mol. The molecule has 140 valence electrons. The van der Waals surface area contributed by atoms with E-state index in [4.69, 9.17) is 0 Å². The Balaban J connectivity index is 1.53. The van der Waals surface area contributed by atoms with E-state index in [1.807, 2.05) is 22.6 Å². The minimum atomic E-state index is -4.39. The van der Waals surface area contributed by atoms with Crippen LogP contribution in [0.2, 0.25) is 0 Å². The Kier molecular flexibility index (Phi) is 5.15. The van der Waals surface area contributed by atoms with Crippen LogP contribution >= 0.6 is 0 Å². The Morgan fingerprint density at radius 3 is 2.50 bits per heavy atom. The highest BCUT2D eigenvalue weighted by Gasteiger charge is 2.31. The van der Waals surface area contributed by atoms with Gasteiger partial charge in [0, 0.05) is 57.2 Å². The third kappa shape index (κ3) is 4.14. The van der Waals surface area contributed by atoms with Crippen molar-refractivity contribution in [3.8, 4) is 0 Å². The first-order chi connectivity index (χ1) is 12.3. The number of carbonyl (C=O) groups is 1. The summed E-state index contributed by atoms with van der Waals surface area (Å²) in [4.78, 5) is 24.0. The molecule has 0 aromatic carbocycles. The van der Waals surface area contributed by atoms with E-state index in [9.17, 15) is 18.0 Å². The van der Waals surface area contributed by atoms with Crippen LogP contribution in [0.3, 0.4) is 0 Å². The Hall–Kier alpha value is -2.58. The molecule has 2 aromatic rings. The van der Waals surface area contributed by atoms with Gasteiger partial charge in [-0.2, -0.15) is 13.2 Å². The van der Waals surface area contributed by atoms with Crippen LogP contribution in [-0.4, -0.2) is 51.5 Å². The molecule has 1 amide bonds. The third-order valence-corrected chi connectivity index (χ3v) is 4.54. The standard InChI is InChI=1S/C17H20F3N5O/c1-13(25-5-4-21-12-25)10-16(26)24-8-6-23(7-9-24)15-3-2-14(11-22-15)17(18,19)20/h2-5,11-13H,6-10H2,1H3. The number of imidazole rings is 1. The molecule has 0 radical (unpaired) electrons. The summed E-state index contributed by atoms with van der Waals surface area (Å²) in [7, 11) is 0. The SMILES string of the molecule is CC(CC(=O)N1CCN(c2ccc(C(F)(F)F)cn2)CC1)n1ccnc1. The van der Waals surface area contributed by atoms with E-state index in [0.717, 1.165) is 12.3 Å². The molecule has 1 aliphatic rings. The quantitative estimate of drug-likeness (QED) is 0.834. The van der Waals surface area contributed by atoms with Crippen molar-refractivity contribution in [3.63, 3.8) is 0 Å². The Bertz CT molecular complexity index is 722. The fraction of sp³-hybridized carbons (Fsp3) is 0.471. The molecule has 0 bridgehead atoms. The fourth-order valence-electron chi connectivity index (χ4n) is 2.94. The van der Waals surface area contributed by atoms with Gasteiger partial charge in [-0.3, -0.25) is 4.79 Å². The van der Waals surface area contributed by atoms with Crippen molar-refractivity contribution in [2.24, 2.45) is 0 Å². The Labute approximate surface area is 149 Å². The summed E-state index contributed by atoms with van der Waals surface area (Å²) in [6.07, 6.45) is 2.03. The van der Waals surface area contributed by atoms with Gasteiger partial charge in [0.15, 0.2) is 0 Å². The smallest absolute Gasteiger partial charge is 0.353 e. The molecule has 2 aromatic heterocycles. The van der Waals surface area contributed by atoms with Crippen molar-refractivity contribution in [2.45, 2.75) is 25.6 Å². The number of aromatic nitrogens is 3. The van der Waals surface area contributed by atoms with Crippen LogP contribution < -0.4 is 4.90 Å². The maximum atomic E-state index is 12.6. The van der Waals surface area contributed by atoms with Gasteiger partial charge in [0.05, 0.1) is 11.9 Å². The van der Waals surface area contributed by atoms with Crippen molar-refractivity contribution >= 4 is 11.7 Å². The first-order valence-corrected chi connectivity index (χ1v) is 8.38. The van der Waals surface area contributed by atoms with Crippen LogP contribution in [-0.2, 0) is 11.0 Å². The van der Waals surface area contributed by atoms with Gasteiger partial charge in [0.25, 0.3) is 0 Å². The Morgan fingerprint density at radius 1 is 1.23 bits per heavy atom. The second-order valence-corrected chi connectivity index (χ2v) is 6.33. The van der Waals surface area contributed by atoms with E-state index < -0.39 is 11.7 Å². The number of anilines is 1. The van der Waals surface area contributed by atoms with Gasteiger partial charge in [-0.1, -0.05) is 0 Å². The molecular weight excluding hydrogens is 347 g/mol. The number of hydrogen-bond acceptors (Lipinski definition) is 4. The van der Waals surface area contributed by atoms with E-state index in [2.05, 4.69) is 9.97 Å². The number of piperazine rings is 1. The predicted octanol–water partition coefficient (Wildman–Crippen LogP) is 2.60. The van der Waals surface area contributed by atoms with Crippen molar-refractivity contribution < 1.29 is 18.0 Å². The normalized spacial score (nSPS) is 16.6. The second kappa shape index (κ2) is 7.35. The van der Waals surface area contributed by atoms with Gasteiger partial charge >= 0.3 is 6.18 Å². The predicted molar refractivity (Wildman–Crippen MR) is 89.6 cm³/mol. The number of carbonyl (C=O) groups excluding carboxylic acids is 1. The maximum absolute atomic E-state index is 12.6. The zero-order chi connectivity index (χ0) is 18.7. The summed E-state index contributed by atoms with van der Waals surface area (Å²) < 4.78 is 39.7. The lowest BCUT2D eigenvalue weighted by atomic mass is 10.2. The molecule has 1 unspecified atom stereocenters. The van der Waals surface area contributed by atoms with Crippen molar-refractivity contribution in [1.29, 1.82) is 0 Å². The zero-order valence-corrected chi connectivity index (χ0v) is 14.4. The lowest BCUT2D eigenvalue weighted by Gasteiger charge is -2.36. The largest absolute Gasteiger partial charge is 0.417 e. The molecule has 0 aliphatic carbocycles. The van der Waals surface area contributed by atoms with Crippen LogP contribution in [0.1, 0.15) is 24.9 Å². The topological polar surface area (TPSA) is 54.3 Å². The van der Waals surface area contributed by atoms with Crippen LogP contribution in [0.15, 0.2) is 37.1 Å². The highest BCUT2D eigenvalue weighted by Crippen LogP contribution is 2.29. The lowest BCUT2D eigenvalue weighted by Crippen LogP contribution is -2.49. The van der Waals surface area contributed by atoms with E-state index in [0.29, 0.717) is 38.4 Å². The lowest BCUT2D eigenvalue weighted by molar-refractivity contribution is -0.138. The molecule has 1 atom stereocenters. The first-order valence-electron chi connectivity index (χ1n) is 8.38. The monoisotopic (exact) mass is 367 g/mol. The summed E-state index contributed by atoms with van der Waals surface area (Å²) in [5.74, 6) is 0.558. The van der Waals surface area contributed by atoms with Gasteiger partial charge < -0.3 is 14.4 Å². The number of hydrogen-bond donors (Lipinski definition) is 0.